The van der Waals surface area contributed by atoms with Crippen LogP contribution in [0.2, 0.25) is 0 Å². The van der Waals surface area contributed by atoms with Crippen molar-refractivity contribution in [2.24, 2.45) is 0 Å². The summed E-state index contributed by atoms with van der Waals surface area (Å²) in [5.74, 6) is 0.496. The molecule has 0 aliphatic carbocycles. The summed E-state index contributed by atoms with van der Waals surface area (Å²) < 4.78 is 18.0. The van der Waals surface area contributed by atoms with Crippen molar-refractivity contribution in [3.8, 4) is 5.75 Å². The fourth-order valence-electron chi connectivity index (χ4n) is 1.56. The molecule has 0 saturated heterocycles. The Morgan fingerprint density at radius 1 is 1.00 bits per heavy atom. The van der Waals surface area contributed by atoms with Crippen LogP contribution in [-0.4, -0.2) is 13.0 Å². The largest absolute Gasteiger partial charge is 0.440 e. The van der Waals surface area contributed by atoms with E-state index < -0.39 is 7.37 Å². The Morgan fingerprint density at radius 3 is 2.17 bits per heavy atom. The zero-order chi connectivity index (χ0) is 13.0. The highest BCUT2D eigenvalue weighted by atomic mass is 31.2. The van der Waals surface area contributed by atoms with Crippen LogP contribution in [0.15, 0.2) is 54.6 Å². The van der Waals surface area contributed by atoms with Gasteiger partial charge in [0.05, 0.1) is 0 Å². The summed E-state index contributed by atoms with van der Waals surface area (Å²) in [7, 11) is -2.88. The van der Waals surface area contributed by atoms with Gasteiger partial charge in [0.2, 0.25) is 0 Å². The molecule has 4 heteroatoms. The summed E-state index contributed by atoms with van der Waals surface area (Å²) in [4.78, 5) is 10.5. The van der Waals surface area contributed by atoms with Crippen LogP contribution in [0, 0.1) is 0 Å². The molecule has 0 aliphatic heterocycles. The molecule has 0 radical (unpaired) electrons. The van der Waals surface area contributed by atoms with Crippen molar-refractivity contribution < 1.29 is 13.9 Å². The second kappa shape index (κ2) is 5.19. The minimum atomic E-state index is -2.88. The molecule has 0 amide bonds. The minimum Gasteiger partial charge on any atom is -0.440 e. The smallest absolute Gasteiger partial charge is 0.274 e. The van der Waals surface area contributed by atoms with Crippen LogP contribution >= 0.6 is 7.37 Å². The molecule has 0 N–H and O–H groups in total. The first-order chi connectivity index (χ1) is 8.62. The number of carbonyl (C=O) groups excluding carboxylic acids is 1. The van der Waals surface area contributed by atoms with Gasteiger partial charge in [0.1, 0.15) is 12.0 Å². The van der Waals surface area contributed by atoms with Crippen LogP contribution in [-0.2, 0) is 4.57 Å². The average molecular weight is 260 g/mol. The van der Waals surface area contributed by atoms with Crippen LogP contribution < -0.4 is 9.83 Å². The van der Waals surface area contributed by atoms with E-state index in [2.05, 4.69) is 0 Å². The van der Waals surface area contributed by atoms with Crippen molar-refractivity contribution in [3.63, 3.8) is 0 Å². The summed E-state index contributed by atoms with van der Waals surface area (Å²) in [6, 6.07) is 15.6. The first-order valence-corrected chi connectivity index (χ1v) is 7.57. The number of aldehydes is 1. The molecule has 3 nitrogen and oxygen atoms in total. The van der Waals surface area contributed by atoms with E-state index in [1.54, 1.807) is 43.1 Å². The maximum Gasteiger partial charge on any atom is 0.274 e. The molecule has 1 unspecified atom stereocenters. The van der Waals surface area contributed by atoms with Crippen molar-refractivity contribution in [1.29, 1.82) is 0 Å². The van der Waals surface area contributed by atoms with Gasteiger partial charge >= 0.3 is 0 Å². The maximum atomic E-state index is 12.4. The molecule has 2 aromatic rings. The molecule has 0 aromatic heterocycles. The van der Waals surface area contributed by atoms with Crippen LogP contribution in [0.5, 0.6) is 5.75 Å². The Hall–Kier alpha value is -1.86. The van der Waals surface area contributed by atoms with Crippen LogP contribution in [0.4, 0.5) is 0 Å². The molecule has 92 valence electrons. The number of rotatable bonds is 4. The molecule has 1 atom stereocenters. The van der Waals surface area contributed by atoms with Gasteiger partial charge in [0.15, 0.2) is 0 Å². The predicted octanol–water partition coefficient (Wildman–Crippen LogP) is 3.11. The summed E-state index contributed by atoms with van der Waals surface area (Å²) in [6.45, 7) is 1.58. The van der Waals surface area contributed by atoms with Gasteiger partial charge in [0, 0.05) is 17.5 Å². The number of hydrogen-bond acceptors (Lipinski definition) is 3. The van der Waals surface area contributed by atoms with E-state index in [-0.39, 0.29) is 0 Å². The molecular formula is C14H13O3P. The van der Waals surface area contributed by atoms with E-state index in [4.69, 9.17) is 4.52 Å². The minimum absolute atomic E-state index is 0.496. The summed E-state index contributed by atoms with van der Waals surface area (Å²) >= 11 is 0. The van der Waals surface area contributed by atoms with Gasteiger partial charge in [-0.2, -0.15) is 0 Å². The van der Waals surface area contributed by atoms with Crippen molar-refractivity contribution in [3.05, 3.63) is 60.2 Å². The Morgan fingerprint density at radius 2 is 1.61 bits per heavy atom. The highest BCUT2D eigenvalue weighted by Crippen LogP contribution is 2.41. The Labute approximate surface area is 106 Å². The zero-order valence-corrected chi connectivity index (χ0v) is 10.8. The van der Waals surface area contributed by atoms with Gasteiger partial charge < -0.3 is 4.52 Å². The van der Waals surface area contributed by atoms with Crippen molar-refractivity contribution in [2.75, 3.05) is 6.66 Å². The summed E-state index contributed by atoms with van der Waals surface area (Å²) in [5.41, 5.74) is 0.563. The third kappa shape index (κ3) is 2.88. The topological polar surface area (TPSA) is 43.4 Å². The second-order valence-corrected chi connectivity index (χ2v) is 6.35. The lowest BCUT2D eigenvalue weighted by atomic mass is 10.2. The monoisotopic (exact) mass is 260 g/mol. The molecule has 0 fully saturated rings. The van der Waals surface area contributed by atoms with Gasteiger partial charge in [0.25, 0.3) is 7.37 Å². The van der Waals surface area contributed by atoms with E-state index in [0.717, 1.165) is 6.29 Å². The molecule has 2 rings (SSSR count). The fourth-order valence-corrected chi connectivity index (χ4v) is 2.90. The van der Waals surface area contributed by atoms with E-state index in [0.29, 0.717) is 16.6 Å². The molecular weight excluding hydrogens is 247 g/mol. The molecule has 2 aromatic carbocycles. The van der Waals surface area contributed by atoms with E-state index in [1.807, 2.05) is 18.2 Å². The van der Waals surface area contributed by atoms with Crippen molar-refractivity contribution in [1.82, 2.24) is 0 Å². The highest BCUT2D eigenvalue weighted by Gasteiger charge is 2.19. The van der Waals surface area contributed by atoms with Gasteiger partial charge in [-0.1, -0.05) is 18.2 Å². The van der Waals surface area contributed by atoms with E-state index in [1.165, 1.54) is 0 Å². The lowest BCUT2D eigenvalue weighted by Gasteiger charge is -2.15. The predicted molar refractivity (Wildman–Crippen MR) is 72.1 cm³/mol. The standard InChI is InChI=1S/C14H13O3P/c1-18(16,14-5-3-2-4-6-14)17-13-9-7-12(11-15)8-10-13/h2-11H,1H3. The summed E-state index contributed by atoms with van der Waals surface area (Å²) in [5, 5.41) is 0.671. The normalized spacial score (nSPS) is 13.6. The van der Waals surface area contributed by atoms with Gasteiger partial charge in [-0.15, -0.1) is 0 Å². The zero-order valence-electron chi connectivity index (χ0n) is 9.95. The Kier molecular flexibility index (Phi) is 3.63. The second-order valence-electron chi connectivity index (χ2n) is 3.96. The quantitative estimate of drug-likeness (QED) is 0.626. The first kappa shape index (κ1) is 12.6. The lowest BCUT2D eigenvalue weighted by molar-refractivity contribution is 0.112. The van der Waals surface area contributed by atoms with Gasteiger partial charge in [-0.3, -0.25) is 9.36 Å². The lowest BCUT2D eigenvalue weighted by Crippen LogP contribution is -2.07. The van der Waals surface area contributed by atoms with Crippen LogP contribution in [0.3, 0.4) is 0 Å². The maximum absolute atomic E-state index is 12.4. The van der Waals surface area contributed by atoms with Gasteiger partial charge in [-0.05, 0) is 36.4 Å². The fraction of sp³-hybridized carbons (Fsp3) is 0.0714. The third-order valence-electron chi connectivity index (χ3n) is 2.52. The molecule has 0 aliphatic rings. The average Bonchev–Trinajstić information content (AvgIpc) is 2.40. The third-order valence-corrected chi connectivity index (χ3v) is 4.32. The number of carbonyl (C=O) groups is 1. The van der Waals surface area contributed by atoms with Crippen molar-refractivity contribution >= 4 is 19.0 Å². The number of hydrogen-bond donors (Lipinski definition) is 0. The first-order valence-electron chi connectivity index (χ1n) is 5.50. The molecule has 18 heavy (non-hydrogen) atoms. The highest BCUT2D eigenvalue weighted by molar-refractivity contribution is 7.66. The molecule has 0 bridgehead atoms. The van der Waals surface area contributed by atoms with Crippen LogP contribution in [0.1, 0.15) is 10.4 Å². The van der Waals surface area contributed by atoms with E-state index in [9.17, 15) is 9.36 Å². The van der Waals surface area contributed by atoms with Crippen molar-refractivity contribution in [2.45, 2.75) is 0 Å². The SMILES string of the molecule is CP(=O)(Oc1ccc(C=O)cc1)c1ccccc1. The molecule has 0 heterocycles. The van der Waals surface area contributed by atoms with Crippen LogP contribution in [0.25, 0.3) is 0 Å². The van der Waals surface area contributed by atoms with Gasteiger partial charge in [-0.25, -0.2) is 0 Å². The molecule has 0 spiro atoms. The van der Waals surface area contributed by atoms with E-state index >= 15 is 0 Å². The Balaban J connectivity index is 2.22. The number of benzene rings is 2. The molecule has 0 saturated carbocycles. The summed E-state index contributed by atoms with van der Waals surface area (Å²) in [6.07, 6.45) is 0.756. The Bertz CT molecular complexity index is 576.